The van der Waals surface area contributed by atoms with Crippen molar-refractivity contribution >= 4 is 18.3 Å². The van der Waals surface area contributed by atoms with Gasteiger partial charge in [-0.05, 0) is 26.2 Å². The van der Waals surface area contributed by atoms with Crippen LogP contribution in [-0.4, -0.2) is 42.0 Å². The first-order valence-electron chi connectivity index (χ1n) is 6.47. The maximum Gasteiger partial charge on any atom is 0.237 e. The molecule has 1 amide bonds. The number of amides is 1. The van der Waals surface area contributed by atoms with Gasteiger partial charge in [0.15, 0.2) is 0 Å². The Balaban J connectivity index is 0.00000144. The molecular formula is C12H24ClN3O. The lowest BCUT2D eigenvalue weighted by Crippen LogP contribution is -2.47. The molecule has 1 aliphatic heterocycles. The van der Waals surface area contributed by atoms with Crippen LogP contribution in [0, 0.1) is 0 Å². The van der Waals surface area contributed by atoms with Crippen molar-refractivity contribution in [1.29, 1.82) is 0 Å². The topological polar surface area (TPSA) is 58.4 Å². The number of halogens is 1. The summed E-state index contributed by atoms with van der Waals surface area (Å²) in [6.45, 7) is 3.81. The molecule has 0 spiro atoms. The molecule has 1 aliphatic carbocycles. The van der Waals surface area contributed by atoms with Gasteiger partial charge in [-0.15, -0.1) is 12.4 Å². The van der Waals surface area contributed by atoms with Gasteiger partial charge in [0, 0.05) is 25.2 Å². The Bertz CT molecular complexity index is 256. The number of rotatable bonds is 3. The van der Waals surface area contributed by atoms with Crippen molar-refractivity contribution in [2.45, 2.75) is 57.2 Å². The Hall–Kier alpha value is -0.320. The quantitative estimate of drug-likeness (QED) is 0.793. The number of carbonyl (C=O) groups is 1. The van der Waals surface area contributed by atoms with Crippen molar-refractivity contribution in [2.24, 2.45) is 5.73 Å². The van der Waals surface area contributed by atoms with Crippen molar-refractivity contribution in [1.82, 2.24) is 10.2 Å². The fourth-order valence-corrected chi connectivity index (χ4v) is 2.72. The van der Waals surface area contributed by atoms with E-state index in [4.69, 9.17) is 5.73 Å². The maximum absolute atomic E-state index is 12.0. The van der Waals surface area contributed by atoms with Gasteiger partial charge in [0.05, 0.1) is 6.04 Å². The summed E-state index contributed by atoms with van der Waals surface area (Å²) in [5.41, 5.74) is 5.85. The molecule has 1 heterocycles. The third kappa shape index (κ3) is 3.83. The first-order valence-corrected chi connectivity index (χ1v) is 6.47. The highest BCUT2D eigenvalue weighted by Crippen LogP contribution is 2.18. The number of nitrogens with one attached hydrogen (secondary N) is 1. The number of likely N-dealkylation sites (tertiary alicyclic amines) is 1. The molecule has 1 unspecified atom stereocenters. The highest BCUT2D eigenvalue weighted by Gasteiger charge is 2.29. The second-order valence-corrected chi connectivity index (χ2v) is 5.21. The molecule has 100 valence electrons. The molecule has 1 saturated heterocycles. The minimum absolute atomic E-state index is 0. The zero-order valence-corrected chi connectivity index (χ0v) is 11.3. The second kappa shape index (κ2) is 6.57. The van der Waals surface area contributed by atoms with Gasteiger partial charge in [-0.3, -0.25) is 9.69 Å². The highest BCUT2D eigenvalue weighted by molar-refractivity contribution is 5.85. The highest BCUT2D eigenvalue weighted by atomic mass is 35.5. The van der Waals surface area contributed by atoms with Crippen LogP contribution in [0.1, 0.15) is 39.0 Å². The maximum atomic E-state index is 12.0. The summed E-state index contributed by atoms with van der Waals surface area (Å²) >= 11 is 0. The number of carbonyl (C=O) groups excluding carboxylic acids is 1. The average Bonchev–Trinajstić information content (AvgIpc) is 2.88. The first kappa shape index (κ1) is 14.7. The van der Waals surface area contributed by atoms with Gasteiger partial charge in [0.1, 0.15) is 0 Å². The number of hydrogen-bond donors (Lipinski definition) is 2. The molecule has 2 rings (SSSR count). The Morgan fingerprint density at radius 1 is 1.35 bits per heavy atom. The van der Waals surface area contributed by atoms with E-state index in [0.29, 0.717) is 6.04 Å². The Kier molecular flexibility index (Phi) is 5.70. The minimum atomic E-state index is -0.0193. The predicted molar refractivity (Wildman–Crippen MR) is 71.3 cm³/mol. The molecule has 17 heavy (non-hydrogen) atoms. The summed E-state index contributed by atoms with van der Waals surface area (Å²) in [4.78, 5) is 14.2. The van der Waals surface area contributed by atoms with E-state index in [1.807, 2.05) is 6.92 Å². The van der Waals surface area contributed by atoms with E-state index < -0.39 is 0 Å². The predicted octanol–water partition coefficient (Wildman–Crippen LogP) is 0.888. The molecule has 1 saturated carbocycles. The van der Waals surface area contributed by atoms with Crippen LogP contribution in [0.4, 0.5) is 0 Å². The van der Waals surface area contributed by atoms with E-state index in [2.05, 4.69) is 10.2 Å². The van der Waals surface area contributed by atoms with Crippen molar-refractivity contribution < 1.29 is 4.79 Å². The van der Waals surface area contributed by atoms with Crippen LogP contribution >= 0.6 is 12.4 Å². The molecule has 5 heteroatoms. The molecule has 0 aromatic rings. The summed E-state index contributed by atoms with van der Waals surface area (Å²) in [5.74, 6) is 0.181. The molecule has 2 atom stereocenters. The molecule has 2 aliphatic rings. The van der Waals surface area contributed by atoms with Crippen LogP contribution in [0.5, 0.6) is 0 Å². The molecule has 0 aromatic heterocycles. The van der Waals surface area contributed by atoms with E-state index in [1.54, 1.807) is 0 Å². The van der Waals surface area contributed by atoms with Gasteiger partial charge in [0.25, 0.3) is 0 Å². The van der Waals surface area contributed by atoms with Gasteiger partial charge in [-0.25, -0.2) is 0 Å². The van der Waals surface area contributed by atoms with E-state index in [0.717, 1.165) is 32.4 Å². The van der Waals surface area contributed by atoms with Gasteiger partial charge in [-0.1, -0.05) is 12.8 Å². The molecule has 3 N–H and O–H groups in total. The average molecular weight is 262 g/mol. The number of hydrogen-bond acceptors (Lipinski definition) is 3. The third-order valence-electron chi connectivity index (χ3n) is 3.88. The molecule has 0 aromatic carbocycles. The van der Waals surface area contributed by atoms with E-state index in [9.17, 15) is 4.79 Å². The molecule has 0 bridgehead atoms. The summed E-state index contributed by atoms with van der Waals surface area (Å²) in [7, 11) is 0. The van der Waals surface area contributed by atoms with Gasteiger partial charge in [-0.2, -0.15) is 0 Å². The van der Waals surface area contributed by atoms with Crippen LogP contribution < -0.4 is 11.1 Å². The van der Waals surface area contributed by atoms with Crippen LogP contribution in [0.15, 0.2) is 0 Å². The number of nitrogens with zero attached hydrogens (tertiary/aromatic N) is 1. The normalized spacial score (nSPS) is 27.8. The van der Waals surface area contributed by atoms with Crippen molar-refractivity contribution in [3.05, 3.63) is 0 Å². The lowest BCUT2D eigenvalue weighted by Gasteiger charge is -2.24. The van der Waals surface area contributed by atoms with Crippen molar-refractivity contribution in [2.75, 3.05) is 13.1 Å². The summed E-state index contributed by atoms with van der Waals surface area (Å²) in [6, 6.07) is 0.655. The Morgan fingerprint density at radius 3 is 2.53 bits per heavy atom. The largest absolute Gasteiger partial charge is 0.352 e. The van der Waals surface area contributed by atoms with Crippen LogP contribution in [-0.2, 0) is 4.79 Å². The van der Waals surface area contributed by atoms with E-state index in [-0.39, 0.29) is 30.4 Å². The molecule has 0 radical (unpaired) electrons. The van der Waals surface area contributed by atoms with Crippen LogP contribution in [0.3, 0.4) is 0 Å². The fourth-order valence-electron chi connectivity index (χ4n) is 2.72. The zero-order chi connectivity index (χ0) is 11.5. The van der Waals surface area contributed by atoms with Crippen molar-refractivity contribution in [3.63, 3.8) is 0 Å². The van der Waals surface area contributed by atoms with E-state index in [1.165, 1.54) is 12.8 Å². The monoisotopic (exact) mass is 261 g/mol. The Morgan fingerprint density at radius 2 is 2.00 bits per heavy atom. The van der Waals surface area contributed by atoms with Crippen LogP contribution in [0.2, 0.25) is 0 Å². The molecular weight excluding hydrogens is 238 g/mol. The van der Waals surface area contributed by atoms with Gasteiger partial charge < -0.3 is 11.1 Å². The van der Waals surface area contributed by atoms with E-state index >= 15 is 0 Å². The summed E-state index contributed by atoms with van der Waals surface area (Å²) in [5, 5.41) is 3.15. The summed E-state index contributed by atoms with van der Waals surface area (Å²) < 4.78 is 0. The fraction of sp³-hybridized carbons (Fsp3) is 0.917. The van der Waals surface area contributed by atoms with Crippen LogP contribution in [0.25, 0.3) is 0 Å². The van der Waals surface area contributed by atoms with Crippen molar-refractivity contribution in [3.8, 4) is 0 Å². The molecule has 2 fully saturated rings. The Labute approximate surface area is 110 Å². The molecule has 4 nitrogen and oxygen atoms in total. The van der Waals surface area contributed by atoms with Gasteiger partial charge in [0.2, 0.25) is 5.91 Å². The lowest BCUT2D eigenvalue weighted by atomic mass is 10.2. The summed E-state index contributed by atoms with van der Waals surface area (Å²) in [6.07, 6.45) is 5.83. The SMILES string of the molecule is CC(C(=O)NC1CCCC1)N1CC[C@H](N)C1.Cl. The first-order chi connectivity index (χ1) is 7.66. The standard InChI is InChI=1S/C12H23N3O.ClH/c1-9(15-7-6-10(13)8-15)12(16)14-11-4-2-3-5-11;/h9-11H,2-8,13H2,1H3,(H,14,16);1H/t9?,10-;/m0./s1. The van der Waals surface area contributed by atoms with Gasteiger partial charge >= 0.3 is 0 Å². The smallest absolute Gasteiger partial charge is 0.237 e. The number of nitrogens with two attached hydrogens (primary N) is 1. The minimum Gasteiger partial charge on any atom is -0.352 e. The zero-order valence-electron chi connectivity index (χ0n) is 10.5. The third-order valence-corrected chi connectivity index (χ3v) is 3.88. The second-order valence-electron chi connectivity index (χ2n) is 5.21. The lowest BCUT2D eigenvalue weighted by molar-refractivity contribution is -0.126.